The van der Waals surface area contributed by atoms with Crippen LogP contribution in [0.5, 0.6) is 0 Å². The summed E-state index contributed by atoms with van der Waals surface area (Å²) >= 11 is 0. The number of amides is 6. The van der Waals surface area contributed by atoms with Gasteiger partial charge in [0.25, 0.3) is 5.91 Å². The molecule has 0 spiro atoms. The van der Waals surface area contributed by atoms with E-state index in [-0.39, 0.29) is 37.3 Å². The van der Waals surface area contributed by atoms with E-state index in [0.717, 1.165) is 28.9 Å². The molecule has 3 saturated heterocycles. The monoisotopic (exact) mass is 429 g/mol. The molecule has 0 unspecified atom stereocenters. The third kappa shape index (κ3) is 4.34. The summed E-state index contributed by atoms with van der Waals surface area (Å²) in [6, 6.07) is 6.70. The Balaban J connectivity index is 1.33. The largest absolute Gasteiger partial charge is 0.358 e. The first kappa shape index (κ1) is 21.1. The lowest BCUT2D eigenvalue weighted by Gasteiger charge is -2.41. The van der Waals surface area contributed by atoms with Crippen molar-refractivity contribution in [1.29, 1.82) is 0 Å². The molecule has 3 fully saturated rings. The van der Waals surface area contributed by atoms with Crippen LogP contribution >= 0.6 is 0 Å². The highest BCUT2D eigenvalue weighted by Gasteiger charge is 2.45. The van der Waals surface area contributed by atoms with Gasteiger partial charge in [0.15, 0.2) is 0 Å². The van der Waals surface area contributed by atoms with Crippen molar-refractivity contribution < 1.29 is 23.9 Å². The van der Waals surface area contributed by atoms with Crippen molar-refractivity contribution in [2.24, 2.45) is 5.92 Å². The van der Waals surface area contributed by atoms with E-state index in [1.54, 1.807) is 13.8 Å². The summed E-state index contributed by atoms with van der Waals surface area (Å²) in [5, 5.41) is 11.1. The molecule has 4 rings (SSSR count). The van der Waals surface area contributed by atoms with Gasteiger partial charge in [-0.3, -0.25) is 14.5 Å². The standard InChI is InChI=1S/C21H27N5O5/c1-21(2)18(28)26(20(30)25-21)11-15(27)22-10-12-5-7-13(8-6-12)16-14-4-3-9-31-17(14)24-19(29)23-16/h5-8,14,16-17H,3-4,9-11H2,1-2H3,(H,22,27)(H,25,30)(H2,23,24,29)/t14-,16-,17-/m0/s1. The number of carbonyl (C=O) groups is 4. The normalized spacial score (nSPS) is 27.1. The van der Waals surface area contributed by atoms with Gasteiger partial charge >= 0.3 is 12.1 Å². The minimum Gasteiger partial charge on any atom is -0.358 e. The Labute approximate surface area is 180 Å². The molecule has 3 aliphatic rings. The van der Waals surface area contributed by atoms with Gasteiger partial charge in [0.2, 0.25) is 5.91 Å². The second kappa shape index (κ2) is 8.18. The highest BCUT2D eigenvalue weighted by atomic mass is 16.5. The van der Waals surface area contributed by atoms with Crippen LogP contribution in [0.4, 0.5) is 9.59 Å². The van der Waals surface area contributed by atoms with Crippen molar-refractivity contribution in [2.45, 2.75) is 51.0 Å². The van der Waals surface area contributed by atoms with Gasteiger partial charge < -0.3 is 26.0 Å². The molecule has 1 aromatic carbocycles. The lowest BCUT2D eigenvalue weighted by Crippen LogP contribution is -2.58. The minimum absolute atomic E-state index is 0.134. The van der Waals surface area contributed by atoms with Crippen molar-refractivity contribution in [2.75, 3.05) is 13.2 Å². The van der Waals surface area contributed by atoms with Gasteiger partial charge in [-0.25, -0.2) is 9.59 Å². The number of rotatable bonds is 5. The molecule has 6 amide bonds. The van der Waals surface area contributed by atoms with Gasteiger partial charge in [-0.2, -0.15) is 0 Å². The summed E-state index contributed by atoms with van der Waals surface area (Å²) in [5.74, 6) is -0.686. The Morgan fingerprint density at radius 1 is 1.19 bits per heavy atom. The molecule has 3 atom stereocenters. The topological polar surface area (TPSA) is 129 Å². The van der Waals surface area contributed by atoms with Crippen molar-refractivity contribution in [3.63, 3.8) is 0 Å². The van der Waals surface area contributed by atoms with Gasteiger partial charge in [-0.15, -0.1) is 0 Å². The Kier molecular flexibility index (Phi) is 5.57. The van der Waals surface area contributed by atoms with E-state index in [4.69, 9.17) is 4.74 Å². The van der Waals surface area contributed by atoms with Crippen LogP contribution in [-0.4, -0.2) is 53.7 Å². The van der Waals surface area contributed by atoms with E-state index in [1.807, 2.05) is 24.3 Å². The highest BCUT2D eigenvalue weighted by Crippen LogP contribution is 2.34. The molecule has 0 bridgehead atoms. The van der Waals surface area contributed by atoms with Crippen LogP contribution in [0.3, 0.4) is 0 Å². The zero-order chi connectivity index (χ0) is 22.2. The van der Waals surface area contributed by atoms with E-state index < -0.39 is 23.4 Å². The molecule has 4 N–H and O–H groups in total. The van der Waals surface area contributed by atoms with Gasteiger partial charge in [0.1, 0.15) is 18.3 Å². The Hall–Kier alpha value is -3.14. The number of fused-ring (bicyclic) bond motifs is 1. The van der Waals surface area contributed by atoms with Crippen LogP contribution in [0.25, 0.3) is 0 Å². The van der Waals surface area contributed by atoms with Crippen LogP contribution in [0, 0.1) is 5.92 Å². The first-order valence-corrected chi connectivity index (χ1v) is 10.4. The number of hydrogen-bond donors (Lipinski definition) is 4. The summed E-state index contributed by atoms with van der Waals surface area (Å²) in [5.41, 5.74) is 0.845. The second-order valence-corrected chi connectivity index (χ2v) is 8.66. The predicted molar refractivity (Wildman–Crippen MR) is 109 cm³/mol. The summed E-state index contributed by atoms with van der Waals surface area (Å²) < 4.78 is 5.70. The van der Waals surface area contributed by atoms with Gasteiger partial charge in [0, 0.05) is 19.1 Å². The number of hydrogen-bond acceptors (Lipinski definition) is 5. The molecular formula is C21H27N5O5. The number of urea groups is 2. The van der Waals surface area contributed by atoms with Crippen LogP contribution < -0.4 is 21.3 Å². The molecule has 3 aliphatic heterocycles. The lowest BCUT2D eigenvalue weighted by atomic mass is 9.85. The summed E-state index contributed by atoms with van der Waals surface area (Å²) in [7, 11) is 0. The van der Waals surface area contributed by atoms with Crippen LogP contribution in [0.1, 0.15) is 43.9 Å². The minimum atomic E-state index is -1.00. The quantitative estimate of drug-likeness (QED) is 0.513. The van der Waals surface area contributed by atoms with E-state index in [2.05, 4.69) is 21.3 Å². The molecule has 166 valence electrons. The summed E-state index contributed by atoms with van der Waals surface area (Å²) in [6.45, 7) is 3.78. The van der Waals surface area contributed by atoms with E-state index in [0.29, 0.717) is 6.61 Å². The fraction of sp³-hybridized carbons (Fsp3) is 0.524. The second-order valence-electron chi connectivity index (χ2n) is 8.66. The number of ether oxygens (including phenoxy) is 1. The number of nitrogens with zero attached hydrogens (tertiary/aromatic N) is 1. The number of nitrogens with one attached hydrogen (secondary N) is 4. The highest BCUT2D eigenvalue weighted by molar-refractivity contribution is 6.08. The maximum Gasteiger partial charge on any atom is 0.325 e. The average molecular weight is 429 g/mol. The maximum absolute atomic E-state index is 12.2. The first-order chi connectivity index (χ1) is 14.7. The van der Waals surface area contributed by atoms with Crippen molar-refractivity contribution in [1.82, 2.24) is 26.2 Å². The molecule has 10 nitrogen and oxygen atoms in total. The molecule has 3 heterocycles. The molecule has 10 heteroatoms. The Morgan fingerprint density at radius 3 is 2.61 bits per heavy atom. The lowest BCUT2D eigenvalue weighted by molar-refractivity contribution is -0.134. The number of imide groups is 1. The van der Waals surface area contributed by atoms with E-state index in [9.17, 15) is 19.2 Å². The van der Waals surface area contributed by atoms with Gasteiger partial charge in [-0.1, -0.05) is 24.3 Å². The molecule has 1 aromatic rings. The van der Waals surface area contributed by atoms with Crippen LogP contribution in [0.2, 0.25) is 0 Å². The smallest absolute Gasteiger partial charge is 0.325 e. The zero-order valence-corrected chi connectivity index (χ0v) is 17.6. The number of benzene rings is 1. The summed E-state index contributed by atoms with van der Waals surface area (Å²) in [4.78, 5) is 49.2. The number of carbonyl (C=O) groups excluding carboxylic acids is 4. The van der Waals surface area contributed by atoms with Gasteiger partial charge in [-0.05, 0) is 37.8 Å². The summed E-state index contributed by atoms with van der Waals surface area (Å²) in [6.07, 6.45) is 1.63. The fourth-order valence-corrected chi connectivity index (χ4v) is 4.25. The zero-order valence-electron chi connectivity index (χ0n) is 17.6. The van der Waals surface area contributed by atoms with Crippen LogP contribution in [0.15, 0.2) is 24.3 Å². The Bertz CT molecular complexity index is 900. The first-order valence-electron chi connectivity index (χ1n) is 10.4. The molecule has 0 aromatic heterocycles. The molecule has 0 radical (unpaired) electrons. The third-order valence-corrected chi connectivity index (χ3v) is 5.93. The molecule has 31 heavy (non-hydrogen) atoms. The molecular weight excluding hydrogens is 402 g/mol. The predicted octanol–water partition coefficient (Wildman–Crippen LogP) is 0.740. The van der Waals surface area contributed by atoms with Gasteiger partial charge in [0.05, 0.1) is 6.04 Å². The van der Waals surface area contributed by atoms with Crippen molar-refractivity contribution >= 4 is 23.9 Å². The average Bonchev–Trinajstić information content (AvgIpc) is 2.93. The fourth-order valence-electron chi connectivity index (χ4n) is 4.25. The SMILES string of the molecule is CC1(C)NC(=O)N(CC(=O)NCc2ccc([C@@H]3NC(=O)N[C@H]4OCCC[C@H]43)cc2)C1=O. The molecule has 0 aliphatic carbocycles. The molecule has 0 saturated carbocycles. The third-order valence-electron chi connectivity index (χ3n) is 5.93. The van der Waals surface area contributed by atoms with Crippen molar-refractivity contribution in [3.05, 3.63) is 35.4 Å². The van der Waals surface area contributed by atoms with E-state index in [1.165, 1.54) is 0 Å². The van der Waals surface area contributed by atoms with E-state index >= 15 is 0 Å². The van der Waals surface area contributed by atoms with Crippen LogP contribution in [-0.2, 0) is 20.9 Å². The Morgan fingerprint density at radius 2 is 1.94 bits per heavy atom. The van der Waals surface area contributed by atoms with Crippen molar-refractivity contribution in [3.8, 4) is 0 Å². The maximum atomic E-state index is 12.2.